The number of carbonyl (C=O) groups is 1. The quantitative estimate of drug-likeness (QED) is 0.608. The molecule has 1 aliphatic carbocycles. The van der Waals surface area contributed by atoms with Gasteiger partial charge in [-0.25, -0.2) is 0 Å². The van der Waals surface area contributed by atoms with E-state index in [1.807, 2.05) is 12.1 Å². The van der Waals surface area contributed by atoms with Crippen LogP contribution in [0.2, 0.25) is 0 Å². The average molecular weight is 335 g/mol. The third-order valence-electron chi connectivity index (χ3n) is 6.29. The first-order chi connectivity index (χ1) is 12.1. The monoisotopic (exact) mass is 335 g/mol. The maximum Gasteiger partial charge on any atom is 0.315 e. The van der Waals surface area contributed by atoms with Crippen molar-refractivity contribution < 1.29 is 9.53 Å². The summed E-state index contributed by atoms with van der Waals surface area (Å²) in [6, 6.07) is 17.0. The number of nitrogens with zero attached hydrogens (tertiary/aromatic N) is 1. The predicted octanol–water partition coefficient (Wildman–Crippen LogP) is 4.51. The summed E-state index contributed by atoms with van der Waals surface area (Å²) in [5, 5.41) is 0. The van der Waals surface area contributed by atoms with E-state index in [0.29, 0.717) is 5.92 Å². The molecule has 4 rings (SSSR count). The first-order valence-corrected chi connectivity index (χ1v) is 9.25. The zero-order valence-electron chi connectivity index (χ0n) is 15.2. The minimum atomic E-state index is -0.173. The maximum absolute atomic E-state index is 12.6. The Hall–Kier alpha value is -2.29. The van der Waals surface area contributed by atoms with Crippen LogP contribution >= 0.6 is 0 Å². The van der Waals surface area contributed by atoms with Gasteiger partial charge in [-0.05, 0) is 37.8 Å². The lowest BCUT2D eigenvalue weighted by molar-refractivity contribution is -0.150. The second kappa shape index (κ2) is 5.91. The van der Waals surface area contributed by atoms with E-state index >= 15 is 0 Å². The number of rotatable bonds is 4. The second-order valence-corrected chi connectivity index (χ2v) is 7.31. The first kappa shape index (κ1) is 16.2. The van der Waals surface area contributed by atoms with Crippen molar-refractivity contribution >= 4 is 11.7 Å². The third kappa shape index (κ3) is 2.29. The first-order valence-electron chi connectivity index (χ1n) is 9.25. The van der Waals surface area contributed by atoms with Gasteiger partial charge in [-0.2, -0.15) is 0 Å². The van der Waals surface area contributed by atoms with Crippen LogP contribution < -0.4 is 9.64 Å². The Morgan fingerprint density at radius 2 is 1.80 bits per heavy atom. The summed E-state index contributed by atoms with van der Waals surface area (Å²) in [6.07, 6.45) is 0.872. The molecule has 3 heteroatoms. The minimum Gasteiger partial charge on any atom is -0.426 e. The Labute approximate surface area is 149 Å². The Morgan fingerprint density at radius 3 is 2.48 bits per heavy atom. The van der Waals surface area contributed by atoms with Gasteiger partial charge in [0.15, 0.2) is 0 Å². The topological polar surface area (TPSA) is 29.5 Å². The summed E-state index contributed by atoms with van der Waals surface area (Å²) in [4.78, 5) is 14.9. The Kier molecular flexibility index (Phi) is 3.82. The molecule has 2 aromatic carbocycles. The van der Waals surface area contributed by atoms with E-state index in [0.717, 1.165) is 30.9 Å². The number of esters is 1. The van der Waals surface area contributed by atoms with Gasteiger partial charge in [0.25, 0.3) is 0 Å². The number of anilines is 1. The smallest absolute Gasteiger partial charge is 0.315 e. The number of hydrogen-bond acceptors (Lipinski definition) is 3. The molecule has 3 atom stereocenters. The fourth-order valence-corrected chi connectivity index (χ4v) is 4.70. The highest BCUT2D eigenvalue weighted by atomic mass is 16.5. The van der Waals surface area contributed by atoms with Crippen molar-refractivity contribution in [2.75, 3.05) is 18.0 Å². The molecule has 1 aliphatic heterocycles. The van der Waals surface area contributed by atoms with Crippen LogP contribution in [0.1, 0.15) is 44.2 Å². The van der Waals surface area contributed by atoms with Crippen molar-refractivity contribution in [3.05, 3.63) is 59.7 Å². The molecule has 0 radical (unpaired) electrons. The van der Waals surface area contributed by atoms with Crippen LogP contribution in [0, 0.1) is 5.92 Å². The zero-order valence-corrected chi connectivity index (χ0v) is 15.2. The van der Waals surface area contributed by atoms with E-state index in [4.69, 9.17) is 4.74 Å². The Balaban J connectivity index is 1.77. The lowest BCUT2D eigenvalue weighted by Gasteiger charge is -2.55. The molecule has 0 saturated heterocycles. The standard InChI is InChI=1S/C22H25NO2/c1-4-23(5-2)16-11-12-17-20(13-16)25-21(24)19-14-18(22(17,19)3)15-9-7-6-8-10-15/h6-13,18-19H,4-5,14H2,1-3H3. The van der Waals surface area contributed by atoms with Gasteiger partial charge in [0, 0.05) is 35.8 Å². The van der Waals surface area contributed by atoms with Gasteiger partial charge in [-0.1, -0.05) is 43.3 Å². The highest BCUT2D eigenvalue weighted by molar-refractivity contribution is 5.83. The molecule has 2 aromatic rings. The van der Waals surface area contributed by atoms with Gasteiger partial charge >= 0.3 is 5.97 Å². The molecule has 3 unspecified atom stereocenters. The maximum atomic E-state index is 12.6. The van der Waals surface area contributed by atoms with Gasteiger partial charge in [0.1, 0.15) is 5.75 Å². The molecule has 0 bridgehead atoms. The summed E-state index contributed by atoms with van der Waals surface area (Å²) in [5.74, 6) is 1.00. The van der Waals surface area contributed by atoms with E-state index < -0.39 is 0 Å². The minimum absolute atomic E-state index is 0.0375. The molecule has 0 spiro atoms. The van der Waals surface area contributed by atoms with Gasteiger partial charge < -0.3 is 9.64 Å². The summed E-state index contributed by atoms with van der Waals surface area (Å²) >= 11 is 0. The van der Waals surface area contributed by atoms with Crippen molar-refractivity contribution in [1.82, 2.24) is 0 Å². The van der Waals surface area contributed by atoms with Gasteiger partial charge in [0.05, 0.1) is 5.92 Å². The SMILES string of the molecule is CCN(CC)c1ccc2c(c1)OC(=O)C1CC(c3ccccc3)C21C. The Morgan fingerprint density at radius 1 is 1.08 bits per heavy atom. The molecule has 0 N–H and O–H groups in total. The van der Waals surface area contributed by atoms with Crippen LogP contribution in [0.15, 0.2) is 48.5 Å². The van der Waals surface area contributed by atoms with Gasteiger partial charge in [-0.3, -0.25) is 4.79 Å². The van der Waals surface area contributed by atoms with Crippen molar-refractivity contribution in [3.8, 4) is 5.75 Å². The average Bonchev–Trinajstić information content (AvgIpc) is 2.61. The molecule has 130 valence electrons. The predicted molar refractivity (Wildman–Crippen MR) is 100 cm³/mol. The molecular weight excluding hydrogens is 310 g/mol. The molecular formula is C22H25NO2. The van der Waals surface area contributed by atoms with Crippen LogP contribution in [-0.4, -0.2) is 19.1 Å². The number of ether oxygens (including phenoxy) is 1. The molecule has 1 heterocycles. The third-order valence-corrected chi connectivity index (χ3v) is 6.29. The van der Waals surface area contributed by atoms with Crippen LogP contribution in [0.5, 0.6) is 5.75 Å². The Bertz CT molecular complexity index is 797. The van der Waals surface area contributed by atoms with Crippen LogP contribution in [-0.2, 0) is 10.2 Å². The van der Waals surface area contributed by atoms with Crippen LogP contribution in [0.25, 0.3) is 0 Å². The van der Waals surface area contributed by atoms with Crippen molar-refractivity contribution in [1.29, 1.82) is 0 Å². The molecule has 2 aliphatic rings. The molecule has 25 heavy (non-hydrogen) atoms. The van der Waals surface area contributed by atoms with Crippen LogP contribution in [0.4, 0.5) is 5.69 Å². The van der Waals surface area contributed by atoms with Crippen LogP contribution in [0.3, 0.4) is 0 Å². The summed E-state index contributed by atoms with van der Waals surface area (Å²) in [6.45, 7) is 8.40. The summed E-state index contributed by atoms with van der Waals surface area (Å²) in [5.41, 5.74) is 3.44. The lowest BCUT2D eigenvalue weighted by atomic mass is 9.48. The van der Waals surface area contributed by atoms with E-state index in [1.165, 1.54) is 11.1 Å². The molecule has 1 saturated carbocycles. The highest BCUT2D eigenvalue weighted by Crippen LogP contribution is 2.62. The van der Waals surface area contributed by atoms with Crippen molar-refractivity contribution in [2.45, 2.75) is 38.5 Å². The van der Waals surface area contributed by atoms with Crippen molar-refractivity contribution in [3.63, 3.8) is 0 Å². The largest absolute Gasteiger partial charge is 0.426 e. The van der Waals surface area contributed by atoms with Gasteiger partial charge in [0.2, 0.25) is 0 Å². The number of benzene rings is 2. The second-order valence-electron chi connectivity index (χ2n) is 7.31. The fraction of sp³-hybridized carbons (Fsp3) is 0.409. The van der Waals surface area contributed by atoms with E-state index in [9.17, 15) is 4.79 Å². The van der Waals surface area contributed by atoms with E-state index in [1.54, 1.807) is 0 Å². The number of carbonyl (C=O) groups excluding carboxylic acids is 1. The van der Waals surface area contributed by atoms with E-state index in [2.05, 4.69) is 62.1 Å². The number of fused-ring (bicyclic) bond motifs is 3. The summed E-state index contributed by atoms with van der Waals surface area (Å²) in [7, 11) is 0. The molecule has 0 amide bonds. The molecule has 1 fully saturated rings. The normalized spacial score (nSPS) is 26.9. The highest BCUT2D eigenvalue weighted by Gasteiger charge is 2.60. The zero-order chi connectivity index (χ0) is 17.6. The number of hydrogen-bond donors (Lipinski definition) is 0. The van der Waals surface area contributed by atoms with E-state index in [-0.39, 0.29) is 17.3 Å². The summed E-state index contributed by atoms with van der Waals surface area (Å²) < 4.78 is 5.73. The molecule has 3 nitrogen and oxygen atoms in total. The fourth-order valence-electron chi connectivity index (χ4n) is 4.70. The molecule has 0 aromatic heterocycles. The van der Waals surface area contributed by atoms with Crippen molar-refractivity contribution in [2.24, 2.45) is 5.92 Å². The lowest BCUT2D eigenvalue weighted by Crippen LogP contribution is -2.56. The van der Waals surface area contributed by atoms with Gasteiger partial charge in [-0.15, -0.1) is 0 Å².